The van der Waals surface area contributed by atoms with E-state index in [1.807, 2.05) is 31.2 Å². The lowest BCUT2D eigenvalue weighted by Gasteiger charge is -2.28. The minimum absolute atomic E-state index is 0.0867. The molecule has 0 spiro atoms. The molecule has 198 valence electrons. The molecule has 0 aliphatic rings. The lowest BCUT2D eigenvalue weighted by atomic mass is 9.96. The Hall–Kier alpha value is -3.44. The van der Waals surface area contributed by atoms with Crippen LogP contribution in [0.2, 0.25) is 0 Å². The van der Waals surface area contributed by atoms with Crippen molar-refractivity contribution in [2.75, 3.05) is 6.61 Å². The lowest BCUT2D eigenvalue weighted by Crippen LogP contribution is -2.59. The van der Waals surface area contributed by atoms with Gasteiger partial charge >= 0.3 is 5.97 Å². The molecule has 0 saturated carbocycles. The number of nitrogens with two attached hydrogens (primary N) is 1. The van der Waals surface area contributed by atoms with Gasteiger partial charge in [-0.05, 0) is 23.5 Å². The highest BCUT2D eigenvalue weighted by Crippen LogP contribution is 2.20. The number of H-pyrrole nitrogens is 1. The van der Waals surface area contributed by atoms with E-state index in [4.69, 9.17) is 5.73 Å². The van der Waals surface area contributed by atoms with Gasteiger partial charge in [0.1, 0.15) is 24.2 Å². The molecule has 2 rings (SSSR count). The number of amides is 3. The molecule has 1 aromatic carbocycles. The van der Waals surface area contributed by atoms with Crippen molar-refractivity contribution in [1.29, 1.82) is 0 Å². The highest BCUT2D eigenvalue weighted by atomic mass is 16.4. The van der Waals surface area contributed by atoms with Crippen LogP contribution in [0, 0.1) is 11.8 Å². The van der Waals surface area contributed by atoms with Crippen molar-refractivity contribution in [2.45, 2.75) is 64.7 Å². The third-order valence-electron chi connectivity index (χ3n) is 6.29. The van der Waals surface area contributed by atoms with Gasteiger partial charge in [0.05, 0.1) is 6.61 Å². The zero-order chi connectivity index (χ0) is 27.0. The van der Waals surface area contributed by atoms with Crippen LogP contribution in [-0.4, -0.2) is 69.7 Å². The Balaban J connectivity index is 2.35. The highest BCUT2D eigenvalue weighted by Gasteiger charge is 2.33. The number of nitrogens with one attached hydrogen (secondary N) is 4. The number of benzene rings is 1. The second kappa shape index (κ2) is 13.0. The van der Waals surface area contributed by atoms with Gasteiger partial charge in [0.2, 0.25) is 17.7 Å². The second-order valence-corrected chi connectivity index (χ2v) is 9.35. The third-order valence-corrected chi connectivity index (χ3v) is 6.29. The van der Waals surface area contributed by atoms with Crippen molar-refractivity contribution in [3.63, 3.8) is 0 Å². The first-order valence-corrected chi connectivity index (χ1v) is 12.0. The summed E-state index contributed by atoms with van der Waals surface area (Å²) < 4.78 is 0. The molecule has 36 heavy (non-hydrogen) atoms. The Morgan fingerprint density at radius 2 is 1.61 bits per heavy atom. The van der Waals surface area contributed by atoms with Gasteiger partial charge in [0.25, 0.3) is 0 Å². The van der Waals surface area contributed by atoms with Crippen LogP contribution in [0.3, 0.4) is 0 Å². The van der Waals surface area contributed by atoms with Crippen LogP contribution in [0.1, 0.15) is 39.7 Å². The van der Waals surface area contributed by atoms with Crippen LogP contribution in [-0.2, 0) is 25.6 Å². The van der Waals surface area contributed by atoms with E-state index in [0.717, 1.165) is 16.5 Å². The lowest BCUT2D eigenvalue weighted by molar-refractivity contribution is -0.143. The molecule has 0 aliphatic carbocycles. The fourth-order valence-electron chi connectivity index (χ4n) is 3.80. The number of carboxylic acid groups (broad SMARTS) is 1. The van der Waals surface area contributed by atoms with Crippen molar-refractivity contribution >= 4 is 34.6 Å². The molecule has 11 heteroatoms. The van der Waals surface area contributed by atoms with E-state index < -0.39 is 54.5 Å². The van der Waals surface area contributed by atoms with Gasteiger partial charge in [0.15, 0.2) is 0 Å². The SMILES string of the molecule is CCC(C)C(NC(=O)C(N)CO)C(=O)NC(Cc1c[nH]c2ccccc12)C(=O)NC(C(=O)O)C(C)C. The summed E-state index contributed by atoms with van der Waals surface area (Å²) in [5, 5.41) is 27.4. The maximum atomic E-state index is 13.3. The molecular weight excluding hydrogens is 466 g/mol. The first-order valence-electron chi connectivity index (χ1n) is 12.0. The quantitative estimate of drug-likeness (QED) is 0.204. The zero-order valence-corrected chi connectivity index (χ0v) is 21.1. The summed E-state index contributed by atoms with van der Waals surface area (Å²) in [5.41, 5.74) is 7.21. The minimum Gasteiger partial charge on any atom is -0.480 e. The Labute approximate surface area is 210 Å². The van der Waals surface area contributed by atoms with Gasteiger partial charge in [0, 0.05) is 23.5 Å². The topological polar surface area (TPSA) is 187 Å². The third kappa shape index (κ3) is 7.28. The summed E-state index contributed by atoms with van der Waals surface area (Å²) in [4.78, 5) is 53.7. The summed E-state index contributed by atoms with van der Waals surface area (Å²) in [5.74, 6) is -3.84. The van der Waals surface area contributed by atoms with E-state index in [1.54, 1.807) is 27.0 Å². The van der Waals surface area contributed by atoms with Gasteiger partial charge in [-0.3, -0.25) is 14.4 Å². The molecule has 0 bridgehead atoms. The van der Waals surface area contributed by atoms with Gasteiger partial charge in [-0.25, -0.2) is 4.79 Å². The van der Waals surface area contributed by atoms with Crippen LogP contribution < -0.4 is 21.7 Å². The number of fused-ring (bicyclic) bond motifs is 1. The van der Waals surface area contributed by atoms with Gasteiger partial charge in [-0.2, -0.15) is 0 Å². The number of aliphatic hydroxyl groups is 1. The molecule has 2 aromatic rings. The number of rotatable bonds is 13. The molecule has 1 heterocycles. The second-order valence-electron chi connectivity index (χ2n) is 9.35. The summed E-state index contributed by atoms with van der Waals surface area (Å²) in [7, 11) is 0. The average Bonchev–Trinajstić information content (AvgIpc) is 3.26. The van der Waals surface area contributed by atoms with E-state index in [-0.39, 0.29) is 18.3 Å². The van der Waals surface area contributed by atoms with Crippen LogP contribution >= 0.6 is 0 Å². The highest BCUT2D eigenvalue weighted by molar-refractivity contribution is 5.95. The molecule has 11 nitrogen and oxygen atoms in total. The first kappa shape index (κ1) is 28.8. The number of aliphatic carboxylic acids is 1. The number of aliphatic hydroxyl groups excluding tert-OH is 1. The standard InChI is InChI=1S/C25H37N5O6/c1-5-14(4)21(30-22(32)17(26)12-31)24(34)28-19(23(33)29-20(13(2)3)25(35)36)10-15-11-27-18-9-7-6-8-16(15)18/h6-9,11,13-14,17,19-21,27,31H,5,10,12,26H2,1-4H3,(H,28,34)(H,29,33)(H,30,32)(H,35,36). The predicted molar refractivity (Wildman–Crippen MR) is 135 cm³/mol. The minimum atomic E-state index is -1.20. The zero-order valence-electron chi connectivity index (χ0n) is 21.1. The number of aromatic nitrogens is 1. The first-order chi connectivity index (χ1) is 17.0. The molecule has 3 amide bonds. The molecule has 8 N–H and O–H groups in total. The van der Waals surface area contributed by atoms with Gasteiger partial charge in [-0.1, -0.05) is 52.3 Å². The average molecular weight is 504 g/mol. The number of hydrogen-bond acceptors (Lipinski definition) is 6. The normalized spacial score (nSPS) is 15.5. The fourth-order valence-corrected chi connectivity index (χ4v) is 3.80. The molecule has 1 aromatic heterocycles. The van der Waals surface area contributed by atoms with Crippen molar-refractivity contribution in [1.82, 2.24) is 20.9 Å². The Bertz CT molecular complexity index is 1070. The van der Waals surface area contributed by atoms with Crippen molar-refractivity contribution < 1.29 is 29.4 Å². The number of para-hydroxylation sites is 1. The van der Waals surface area contributed by atoms with E-state index in [9.17, 15) is 29.4 Å². The van der Waals surface area contributed by atoms with E-state index in [0.29, 0.717) is 6.42 Å². The summed E-state index contributed by atoms with van der Waals surface area (Å²) >= 11 is 0. The maximum absolute atomic E-state index is 13.3. The van der Waals surface area contributed by atoms with Crippen molar-refractivity contribution in [3.05, 3.63) is 36.0 Å². The fraction of sp³-hybridized carbons (Fsp3) is 0.520. The number of aromatic amines is 1. The molecule has 5 atom stereocenters. The summed E-state index contributed by atoms with van der Waals surface area (Å²) in [6, 6.07) is 3.00. The number of carboxylic acids is 1. The van der Waals surface area contributed by atoms with Crippen LogP contribution in [0.15, 0.2) is 30.5 Å². The van der Waals surface area contributed by atoms with Crippen molar-refractivity contribution in [3.8, 4) is 0 Å². The molecule has 0 radical (unpaired) electrons. The van der Waals surface area contributed by atoms with E-state index in [1.165, 1.54) is 0 Å². The largest absolute Gasteiger partial charge is 0.480 e. The number of hydrogen-bond donors (Lipinski definition) is 7. The van der Waals surface area contributed by atoms with Crippen molar-refractivity contribution in [2.24, 2.45) is 17.6 Å². The van der Waals surface area contributed by atoms with E-state index >= 15 is 0 Å². The molecular formula is C25H37N5O6. The number of carbonyl (C=O) groups is 4. The smallest absolute Gasteiger partial charge is 0.326 e. The summed E-state index contributed by atoms with van der Waals surface area (Å²) in [6.45, 7) is 6.37. The van der Waals surface area contributed by atoms with Crippen LogP contribution in [0.25, 0.3) is 10.9 Å². The number of carbonyl (C=O) groups excluding carboxylic acids is 3. The molecule has 0 aliphatic heterocycles. The molecule has 0 fully saturated rings. The van der Waals surface area contributed by atoms with Gasteiger partial charge < -0.3 is 36.9 Å². The predicted octanol–water partition coefficient (Wildman–Crippen LogP) is 0.271. The Morgan fingerprint density at radius 1 is 0.972 bits per heavy atom. The maximum Gasteiger partial charge on any atom is 0.326 e. The Kier molecular flexibility index (Phi) is 10.4. The molecule has 5 unspecified atom stereocenters. The monoisotopic (exact) mass is 503 g/mol. The summed E-state index contributed by atoms with van der Waals surface area (Å²) in [6.07, 6.45) is 2.37. The Morgan fingerprint density at radius 3 is 2.19 bits per heavy atom. The van der Waals surface area contributed by atoms with Crippen LogP contribution in [0.4, 0.5) is 0 Å². The van der Waals surface area contributed by atoms with Gasteiger partial charge in [-0.15, -0.1) is 0 Å². The van der Waals surface area contributed by atoms with E-state index in [2.05, 4.69) is 20.9 Å². The van der Waals surface area contributed by atoms with Crippen LogP contribution in [0.5, 0.6) is 0 Å². The molecule has 0 saturated heterocycles.